The lowest BCUT2D eigenvalue weighted by atomic mass is 10.3. The minimum Gasteiger partial charge on any atom is -0.325 e. The lowest BCUT2D eigenvalue weighted by Crippen LogP contribution is -2.14. The lowest BCUT2D eigenvalue weighted by Gasteiger charge is -2.06. The molecule has 2 nitrogen and oxygen atoms in total. The monoisotopic (exact) mass is 405 g/mol. The molecule has 0 fully saturated rings. The zero-order valence-electron chi connectivity index (χ0n) is 10.2. The Morgan fingerprint density at radius 2 is 1.85 bits per heavy atom. The van der Waals surface area contributed by atoms with Gasteiger partial charge in [0.25, 0.3) is 0 Å². The minimum atomic E-state index is -0.529. The smallest absolute Gasteiger partial charge is 0.234 e. The molecule has 0 saturated heterocycles. The van der Waals surface area contributed by atoms with E-state index >= 15 is 0 Å². The Bertz CT molecular complexity index is 619. The van der Waals surface area contributed by atoms with E-state index in [-0.39, 0.29) is 16.6 Å². The second kappa shape index (κ2) is 7.03. The summed E-state index contributed by atoms with van der Waals surface area (Å²) < 4.78 is 27.4. The maximum atomic E-state index is 13.4. The molecule has 2 aromatic rings. The van der Waals surface area contributed by atoms with Crippen molar-refractivity contribution in [1.82, 2.24) is 0 Å². The van der Waals surface area contributed by atoms with Crippen molar-refractivity contribution in [3.05, 3.63) is 57.7 Å². The van der Waals surface area contributed by atoms with E-state index in [1.54, 1.807) is 12.1 Å². The van der Waals surface area contributed by atoms with Crippen LogP contribution in [0, 0.1) is 15.2 Å². The fourth-order valence-electron chi connectivity index (χ4n) is 1.46. The molecule has 6 heteroatoms. The van der Waals surface area contributed by atoms with Gasteiger partial charge in [-0.1, -0.05) is 0 Å². The van der Waals surface area contributed by atoms with Crippen LogP contribution in [-0.2, 0) is 4.79 Å². The fraction of sp³-hybridized carbons (Fsp3) is 0.0714. The molecule has 104 valence electrons. The van der Waals surface area contributed by atoms with Crippen molar-refractivity contribution in [3.63, 3.8) is 0 Å². The first-order chi connectivity index (χ1) is 9.54. The molecule has 20 heavy (non-hydrogen) atoms. The van der Waals surface area contributed by atoms with Crippen LogP contribution >= 0.6 is 34.4 Å². The highest BCUT2D eigenvalue weighted by atomic mass is 127. The number of carbonyl (C=O) groups is 1. The topological polar surface area (TPSA) is 29.1 Å². The van der Waals surface area contributed by atoms with Gasteiger partial charge in [0.1, 0.15) is 11.6 Å². The molecule has 0 aliphatic carbocycles. The van der Waals surface area contributed by atoms with Gasteiger partial charge < -0.3 is 5.32 Å². The number of carbonyl (C=O) groups excluding carboxylic acids is 1. The van der Waals surface area contributed by atoms with Crippen LogP contribution in [0.3, 0.4) is 0 Å². The molecule has 0 heterocycles. The van der Waals surface area contributed by atoms with Crippen molar-refractivity contribution in [1.29, 1.82) is 0 Å². The Hall–Kier alpha value is -1.15. The minimum absolute atomic E-state index is 0.0202. The molecule has 2 aromatic carbocycles. The fourth-order valence-corrected chi connectivity index (χ4v) is 2.58. The number of halogens is 3. The summed E-state index contributed by atoms with van der Waals surface area (Å²) in [4.78, 5) is 11.8. The molecule has 0 atom stereocenters. The number of amides is 1. The molecule has 0 bridgehead atoms. The Morgan fingerprint density at radius 3 is 2.55 bits per heavy atom. The number of hydrogen-bond acceptors (Lipinski definition) is 2. The van der Waals surface area contributed by atoms with Gasteiger partial charge in [-0.15, -0.1) is 11.8 Å². The first-order valence-electron chi connectivity index (χ1n) is 5.68. The highest BCUT2D eigenvalue weighted by Crippen LogP contribution is 2.22. The van der Waals surface area contributed by atoms with E-state index in [0.29, 0.717) is 5.69 Å². The predicted octanol–water partition coefficient (Wildman–Crippen LogP) is 4.30. The zero-order chi connectivity index (χ0) is 14.5. The van der Waals surface area contributed by atoms with Gasteiger partial charge >= 0.3 is 0 Å². The molecule has 0 saturated carbocycles. The normalized spacial score (nSPS) is 10.3. The summed E-state index contributed by atoms with van der Waals surface area (Å²) in [6.45, 7) is 0. The summed E-state index contributed by atoms with van der Waals surface area (Å²) in [6, 6.07) is 10.5. The van der Waals surface area contributed by atoms with E-state index in [2.05, 4.69) is 27.9 Å². The average molecular weight is 405 g/mol. The molecule has 1 N–H and O–H groups in total. The van der Waals surface area contributed by atoms with Crippen molar-refractivity contribution < 1.29 is 13.6 Å². The van der Waals surface area contributed by atoms with Gasteiger partial charge in [-0.25, -0.2) is 8.78 Å². The van der Waals surface area contributed by atoms with Crippen molar-refractivity contribution in [2.75, 3.05) is 11.1 Å². The van der Waals surface area contributed by atoms with Gasteiger partial charge in [-0.3, -0.25) is 4.79 Å². The maximum Gasteiger partial charge on any atom is 0.234 e. The molecule has 0 radical (unpaired) electrons. The SMILES string of the molecule is O=C(CSc1cc(F)ccc1F)Nc1ccc(I)cc1. The molecule has 1 amide bonds. The third kappa shape index (κ3) is 4.45. The number of thioether (sulfide) groups is 1. The number of rotatable bonds is 4. The highest BCUT2D eigenvalue weighted by Gasteiger charge is 2.08. The van der Waals surface area contributed by atoms with Gasteiger partial charge in [0, 0.05) is 14.2 Å². The van der Waals surface area contributed by atoms with Gasteiger partial charge in [-0.05, 0) is 65.1 Å². The largest absolute Gasteiger partial charge is 0.325 e. The summed E-state index contributed by atoms with van der Waals surface area (Å²) >= 11 is 3.13. The van der Waals surface area contributed by atoms with Crippen molar-refractivity contribution >= 4 is 45.9 Å². The van der Waals surface area contributed by atoms with Crippen LogP contribution in [0.2, 0.25) is 0 Å². The van der Waals surface area contributed by atoms with Crippen LogP contribution in [0.1, 0.15) is 0 Å². The summed E-state index contributed by atoms with van der Waals surface area (Å²) in [5.41, 5.74) is 0.677. The quantitative estimate of drug-likeness (QED) is 0.607. The molecule has 0 spiro atoms. The number of hydrogen-bond donors (Lipinski definition) is 1. The standard InChI is InChI=1S/C14H10F2INOS/c15-9-1-6-12(16)13(7-9)20-8-14(19)18-11-4-2-10(17)3-5-11/h1-7H,8H2,(H,18,19). The lowest BCUT2D eigenvalue weighted by molar-refractivity contribution is -0.113. The molecule has 0 aliphatic heterocycles. The average Bonchev–Trinajstić information content (AvgIpc) is 2.42. The first-order valence-corrected chi connectivity index (χ1v) is 7.74. The van der Waals surface area contributed by atoms with E-state index in [0.717, 1.165) is 33.5 Å². The van der Waals surface area contributed by atoms with Gasteiger partial charge in [0.05, 0.1) is 5.75 Å². The molecular formula is C14H10F2INOS. The Kier molecular flexibility index (Phi) is 5.36. The van der Waals surface area contributed by atoms with Crippen molar-refractivity contribution in [2.45, 2.75) is 4.90 Å². The van der Waals surface area contributed by atoms with Crippen LogP contribution in [0.25, 0.3) is 0 Å². The van der Waals surface area contributed by atoms with Crippen molar-refractivity contribution in [3.8, 4) is 0 Å². The Morgan fingerprint density at radius 1 is 1.15 bits per heavy atom. The number of benzene rings is 2. The van der Waals surface area contributed by atoms with Gasteiger partial charge in [-0.2, -0.15) is 0 Å². The van der Waals surface area contributed by atoms with E-state index < -0.39 is 11.6 Å². The molecule has 0 aromatic heterocycles. The molecule has 2 rings (SSSR count). The van der Waals surface area contributed by atoms with Crippen LogP contribution in [0.15, 0.2) is 47.4 Å². The van der Waals surface area contributed by atoms with Crippen LogP contribution < -0.4 is 5.32 Å². The first kappa shape index (κ1) is 15.2. The predicted molar refractivity (Wildman–Crippen MR) is 84.9 cm³/mol. The third-order valence-electron chi connectivity index (χ3n) is 2.38. The molecular weight excluding hydrogens is 395 g/mol. The van der Waals surface area contributed by atoms with Crippen LogP contribution in [-0.4, -0.2) is 11.7 Å². The van der Waals surface area contributed by atoms with Gasteiger partial charge in [0.15, 0.2) is 0 Å². The molecule has 0 aliphatic rings. The highest BCUT2D eigenvalue weighted by molar-refractivity contribution is 14.1. The van der Waals surface area contributed by atoms with E-state index in [1.165, 1.54) is 0 Å². The van der Waals surface area contributed by atoms with E-state index in [4.69, 9.17) is 0 Å². The summed E-state index contributed by atoms with van der Waals surface area (Å²) in [5.74, 6) is -1.29. The summed E-state index contributed by atoms with van der Waals surface area (Å²) in [5, 5.41) is 2.69. The second-order valence-electron chi connectivity index (χ2n) is 3.92. The third-order valence-corrected chi connectivity index (χ3v) is 4.13. The number of anilines is 1. The van der Waals surface area contributed by atoms with Crippen LogP contribution in [0.4, 0.5) is 14.5 Å². The van der Waals surface area contributed by atoms with Gasteiger partial charge in [0.2, 0.25) is 5.91 Å². The Balaban J connectivity index is 1.92. The Labute approximate surface area is 133 Å². The van der Waals surface area contributed by atoms with E-state index in [1.807, 2.05) is 12.1 Å². The second-order valence-corrected chi connectivity index (χ2v) is 6.18. The zero-order valence-corrected chi connectivity index (χ0v) is 13.2. The summed E-state index contributed by atoms with van der Waals surface area (Å²) in [6.07, 6.45) is 0. The number of nitrogens with one attached hydrogen (secondary N) is 1. The van der Waals surface area contributed by atoms with Crippen molar-refractivity contribution in [2.24, 2.45) is 0 Å². The van der Waals surface area contributed by atoms with E-state index in [9.17, 15) is 13.6 Å². The molecule has 0 unspecified atom stereocenters. The summed E-state index contributed by atoms with van der Waals surface area (Å²) in [7, 11) is 0. The van der Waals surface area contributed by atoms with Crippen LogP contribution in [0.5, 0.6) is 0 Å². The maximum absolute atomic E-state index is 13.4.